The number of rotatable bonds is 4. The highest BCUT2D eigenvalue weighted by Crippen LogP contribution is 2.14. The molecule has 0 saturated carbocycles. The monoisotopic (exact) mass is 193 g/mol. The molecule has 0 heterocycles. The zero-order valence-corrected chi connectivity index (χ0v) is 8.49. The van der Waals surface area contributed by atoms with Crippen LogP contribution in [0.5, 0.6) is 5.75 Å². The molecule has 3 nitrogen and oxygen atoms in total. The van der Waals surface area contributed by atoms with Gasteiger partial charge >= 0.3 is 0 Å². The molecule has 0 bridgehead atoms. The minimum absolute atomic E-state index is 0.138. The summed E-state index contributed by atoms with van der Waals surface area (Å²) in [6.45, 7) is 3.92. The van der Waals surface area contributed by atoms with Crippen molar-refractivity contribution in [3.05, 3.63) is 29.8 Å². The standard InChI is InChI=1S/C11H15NO2/c1-8(2)14-10-5-3-4-9(6-10)7-11(12)13/h3-6,8H,7H2,1-2H3,(H2,12,13). The summed E-state index contributed by atoms with van der Waals surface area (Å²) < 4.78 is 5.48. The molecule has 1 rings (SSSR count). The molecular formula is C11H15NO2. The molecule has 3 heteroatoms. The second-order valence-corrected chi connectivity index (χ2v) is 3.46. The summed E-state index contributed by atoms with van der Waals surface area (Å²) in [5.74, 6) is 0.449. The van der Waals surface area contributed by atoms with Gasteiger partial charge in [0.25, 0.3) is 0 Å². The van der Waals surface area contributed by atoms with E-state index in [1.165, 1.54) is 0 Å². The maximum atomic E-state index is 10.7. The van der Waals surface area contributed by atoms with Gasteiger partial charge in [0.1, 0.15) is 5.75 Å². The van der Waals surface area contributed by atoms with Gasteiger partial charge in [0.2, 0.25) is 5.91 Å². The lowest BCUT2D eigenvalue weighted by Gasteiger charge is -2.10. The number of nitrogens with two attached hydrogens (primary N) is 1. The third-order valence-corrected chi connectivity index (χ3v) is 1.65. The molecule has 0 fully saturated rings. The van der Waals surface area contributed by atoms with Crippen molar-refractivity contribution in [3.8, 4) is 5.75 Å². The second kappa shape index (κ2) is 4.65. The van der Waals surface area contributed by atoms with E-state index in [9.17, 15) is 4.79 Å². The summed E-state index contributed by atoms with van der Waals surface area (Å²) in [6.07, 6.45) is 0.397. The van der Waals surface area contributed by atoms with E-state index < -0.39 is 0 Å². The van der Waals surface area contributed by atoms with Crippen molar-refractivity contribution in [2.45, 2.75) is 26.4 Å². The van der Waals surface area contributed by atoms with Crippen LogP contribution < -0.4 is 10.5 Å². The first-order valence-corrected chi connectivity index (χ1v) is 4.62. The lowest BCUT2D eigenvalue weighted by Crippen LogP contribution is -2.13. The first-order chi connectivity index (χ1) is 6.58. The quantitative estimate of drug-likeness (QED) is 0.787. The molecule has 2 N–H and O–H groups in total. The lowest BCUT2D eigenvalue weighted by molar-refractivity contribution is -0.117. The average Bonchev–Trinajstić information content (AvgIpc) is 2.01. The maximum Gasteiger partial charge on any atom is 0.221 e. The molecule has 0 atom stereocenters. The van der Waals surface area contributed by atoms with E-state index >= 15 is 0 Å². The van der Waals surface area contributed by atoms with Gasteiger partial charge in [0.15, 0.2) is 0 Å². The van der Waals surface area contributed by atoms with E-state index in [1.807, 2.05) is 38.1 Å². The van der Waals surface area contributed by atoms with Crippen LogP contribution in [0.4, 0.5) is 0 Å². The van der Waals surface area contributed by atoms with Gasteiger partial charge in [0, 0.05) is 0 Å². The zero-order valence-electron chi connectivity index (χ0n) is 8.49. The van der Waals surface area contributed by atoms with E-state index in [-0.39, 0.29) is 18.4 Å². The average molecular weight is 193 g/mol. The molecule has 0 spiro atoms. The molecule has 1 aromatic rings. The van der Waals surface area contributed by atoms with Crippen molar-refractivity contribution >= 4 is 5.91 Å². The topological polar surface area (TPSA) is 52.3 Å². The van der Waals surface area contributed by atoms with Crippen molar-refractivity contribution in [1.82, 2.24) is 0 Å². The number of carbonyl (C=O) groups excluding carboxylic acids is 1. The van der Waals surface area contributed by atoms with Crippen LogP contribution in [0.15, 0.2) is 24.3 Å². The first-order valence-electron chi connectivity index (χ1n) is 4.62. The third kappa shape index (κ3) is 3.47. The smallest absolute Gasteiger partial charge is 0.221 e. The molecular weight excluding hydrogens is 178 g/mol. The van der Waals surface area contributed by atoms with Crippen molar-refractivity contribution in [1.29, 1.82) is 0 Å². The molecule has 0 radical (unpaired) electrons. The molecule has 0 aliphatic heterocycles. The van der Waals surface area contributed by atoms with E-state index in [2.05, 4.69) is 0 Å². The number of benzene rings is 1. The fourth-order valence-electron chi connectivity index (χ4n) is 1.20. The van der Waals surface area contributed by atoms with Gasteiger partial charge in [-0.15, -0.1) is 0 Å². The Kier molecular flexibility index (Phi) is 3.51. The van der Waals surface area contributed by atoms with E-state index in [1.54, 1.807) is 0 Å². The number of hydrogen-bond donors (Lipinski definition) is 1. The molecule has 76 valence electrons. The number of primary amides is 1. The Morgan fingerprint density at radius 3 is 2.79 bits per heavy atom. The number of amides is 1. The molecule has 1 amide bonds. The van der Waals surface area contributed by atoms with Crippen molar-refractivity contribution < 1.29 is 9.53 Å². The minimum Gasteiger partial charge on any atom is -0.491 e. The Labute approximate surface area is 83.9 Å². The highest BCUT2D eigenvalue weighted by Gasteiger charge is 2.01. The third-order valence-electron chi connectivity index (χ3n) is 1.65. The predicted octanol–water partition coefficient (Wildman–Crippen LogP) is 1.50. The molecule has 0 aliphatic rings. The number of hydrogen-bond acceptors (Lipinski definition) is 2. The van der Waals surface area contributed by atoms with Crippen LogP contribution in [0, 0.1) is 0 Å². The van der Waals surface area contributed by atoms with Gasteiger partial charge in [-0.1, -0.05) is 12.1 Å². The van der Waals surface area contributed by atoms with E-state index in [4.69, 9.17) is 10.5 Å². The van der Waals surface area contributed by atoms with Crippen LogP contribution in [0.25, 0.3) is 0 Å². The van der Waals surface area contributed by atoms with Gasteiger partial charge in [-0.05, 0) is 31.5 Å². The Balaban J connectivity index is 2.73. The highest BCUT2D eigenvalue weighted by atomic mass is 16.5. The van der Waals surface area contributed by atoms with Gasteiger partial charge in [-0.3, -0.25) is 4.79 Å². The Morgan fingerprint density at radius 2 is 2.21 bits per heavy atom. The molecule has 0 aliphatic carbocycles. The summed E-state index contributed by atoms with van der Waals surface area (Å²) in [6, 6.07) is 7.42. The van der Waals surface area contributed by atoms with Crippen molar-refractivity contribution in [2.24, 2.45) is 5.73 Å². The summed E-state index contributed by atoms with van der Waals surface area (Å²) in [5, 5.41) is 0. The maximum absolute atomic E-state index is 10.7. The Hall–Kier alpha value is -1.51. The van der Waals surface area contributed by atoms with Gasteiger partial charge in [-0.2, -0.15) is 0 Å². The fourth-order valence-corrected chi connectivity index (χ4v) is 1.20. The SMILES string of the molecule is CC(C)Oc1cccc(CC(N)=O)c1. The summed E-state index contributed by atoms with van der Waals surface area (Å²) in [4.78, 5) is 10.7. The minimum atomic E-state index is -0.327. The highest BCUT2D eigenvalue weighted by molar-refractivity contribution is 5.76. The Bertz CT molecular complexity index is 321. The molecule has 14 heavy (non-hydrogen) atoms. The first kappa shape index (κ1) is 10.6. The van der Waals surface area contributed by atoms with Crippen molar-refractivity contribution in [3.63, 3.8) is 0 Å². The molecule has 1 aromatic carbocycles. The van der Waals surface area contributed by atoms with Crippen LogP contribution in [0.2, 0.25) is 0 Å². The van der Waals surface area contributed by atoms with Crippen LogP contribution >= 0.6 is 0 Å². The largest absolute Gasteiger partial charge is 0.491 e. The second-order valence-electron chi connectivity index (χ2n) is 3.46. The summed E-state index contributed by atoms with van der Waals surface area (Å²) >= 11 is 0. The van der Waals surface area contributed by atoms with Crippen LogP contribution in [-0.2, 0) is 11.2 Å². The van der Waals surface area contributed by atoms with Crippen LogP contribution in [0.3, 0.4) is 0 Å². The van der Waals surface area contributed by atoms with E-state index in [0.29, 0.717) is 0 Å². The Morgan fingerprint density at radius 1 is 1.50 bits per heavy atom. The van der Waals surface area contributed by atoms with Gasteiger partial charge in [0.05, 0.1) is 12.5 Å². The van der Waals surface area contributed by atoms with E-state index in [0.717, 1.165) is 11.3 Å². The van der Waals surface area contributed by atoms with Crippen molar-refractivity contribution in [2.75, 3.05) is 0 Å². The normalized spacial score (nSPS) is 10.2. The number of carbonyl (C=O) groups is 1. The molecule has 0 saturated heterocycles. The fraction of sp³-hybridized carbons (Fsp3) is 0.364. The molecule has 0 unspecified atom stereocenters. The lowest BCUT2D eigenvalue weighted by atomic mass is 10.1. The summed E-state index contributed by atoms with van der Waals surface area (Å²) in [7, 11) is 0. The van der Waals surface area contributed by atoms with Crippen LogP contribution in [0.1, 0.15) is 19.4 Å². The van der Waals surface area contributed by atoms with Crippen LogP contribution in [-0.4, -0.2) is 12.0 Å². The zero-order chi connectivity index (χ0) is 10.6. The van der Waals surface area contributed by atoms with Gasteiger partial charge in [-0.25, -0.2) is 0 Å². The summed E-state index contributed by atoms with van der Waals surface area (Å²) in [5.41, 5.74) is 5.98. The number of ether oxygens (including phenoxy) is 1. The predicted molar refractivity (Wildman–Crippen MR) is 55.1 cm³/mol. The molecule has 0 aromatic heterocycles. The van der Waals surface area contributed by atoms with Gasteiger partial charge < -0.3 is 10.5 Å².